The molecule has 1 aliphatic rings. The van der Waals surface area contributed by atoms with Crippen molar-refractivity contribution in [2.24, 2.45) is 5.11 Å². The Morgan fingerprint density at radius 1 is 0.868 bits per heavy atom. The normalized spacial score (nSPS) is 22.5. The van der Waals surface area contributed by atoms with E-state index in [9.17, 15) is 10.3 Å². The summed E-state index contributed by atoms with van der Waals surface area (Å²) in [5, 5.41) is 3.82. The van der Waals surface area contributed by atoms with Crippen molar-refractivity contribution < 1.29 is 28.5 Å². The summed E-state index contributed by atoms with van der Waals surface area (Å²) >= 11 is 0. The van der Waals surface area contributed by atoms with E-state index < -0.39 is 30.1 Å². The first-order valence-corrected chi connectivity index (χ1v) is 12.4. The minimum Gasteiger partial charge on any atom is -0.433 e. The van der Waals surface area contributed by atoms with Crippen LogP contribution in [-0.2, 0) is 48.3 Å². The molecule has 1 fully saturated rings. The molecule has 0 aromatic heterocycles. The van der Waals surface area contributed by atoms with Crippen molar-refractivity contribution in [2.75, 3.05) is 13.2 Å². The molecule has 4 atom stereocenters. The largest absolute Gasteiger partial charge is 0.433 e. The second kappa shape index (κ2) is 13.7. The van der Waals surface area contributed by atoms with Crippen LogP contribution in [0.4, 0.5) is 0 Å². The van der Waals surface area contributed by atoms with Gasteiger partial charge < -0.3 is 23.7 Å². The highest BCUT2D eigenvalue weighted by molar-refractivity contribution is 5.66. The van der Waals surface area contributed by atoms with Crippen LogP contribution in [-0.4, -0.2) is 43.2 Å². The van der Waals surface area contributed by atoms with E-state index in [0.29, 0.717) is 6.61 Å². The molecule has 0 N–H and O–H groups in total. The third-order valence-electron chi connectivity index (χ3n) is 6.14. The number of azide groups is 1. The quantitative estimate of drug-likeness (QED) is 0.131. The Balaban J connectivity index is 1.62. The van der Waals surface area contributed by atoms with E-state index in [0.717, 1.165) is 16.7 Å². The fourth-order valence-electron chi connectivity index (χ4n) is 4.36. The first-order chi connectivity index (χ1) is 18.6. The van der Waals surface area contributed by atoms with Gasteiger partial charge in [-0.15, -0.1) is 0 Å². The lowest BCUT2D eigenvalue weighted by Gasteiger charge is -2.33. The van der Waals surface area contributed by atoms with Crippen molar-refractivity contribution in [3.63, 3.8) is 0 Å². The third kappa shape index (κ3) is 7.41. The van der Waals surface area contributed by atoms with Gasteiger partial charge in [-0.2, -0.15) is 0 Å². The summed E-state index contributed by atoms with van der Waals surface area (Å²) in [4.78, 5) is 15.0. The van der Waals surface area contributed by atoms with Crippen molar-refractivity contribution in [3.8, 4) is 0 Å². The predicted molar refractivity (Wildman–Crippen MR) is 140 cm³/mol. The van der Waals surface area contributed by atoms with E-state index >= 15 is 0 Å². The van der Waals surface area contributed by atoms with Crippen LogP contribution in [0.5, 0.6) is 0 Å². The standard InChI is InChI=1S/C29H31N3O6/c1-22(33)37-28-26(35-18-24-13-7-3-8-14-24)27(36-19-25-15-9-4-10-16-25)29(38-28,20-31-32-30)21-34-17-23-11-5-2-6-12-23/h2-16,26-28H,17-21H2,1H3/t26-,27+,28-,29-/m1/s1. The van der Waals surface area contributed by atoms with Crippen LogP contribution in [0.25, 0.3) is 10.4 Å². The maximum absolute atomic E-state index is 12.0. The van der Waals surface area contributed by atoms with Crippen molar-refractivity contribution in [1.29, 1.82) is 0 Å². The fourth-order valence-corrected chi connectivity index (χ4v) is 4.36. The number of hydrogen-bond donors (Lipinski definition) is 0. The molecule has 3 aromatic carbocycles. The molecule has 0 radical (unpaired) electrons. The van der Waals surface area contributed by atoms with Crippen molar-refractivity contribution >= 4 is 5.97 Å². The molecule has 0 spiro atoms. The number of ether oxygens (including phenoxy) is 5. The number of hydrogen-bond acceptors (Lipinski definition) is 7. The van der Waals surface area contributed by atoms with Gasteiger partial charge >= 0.3 is 5.97 Å². The molecule has 4 rings (SSSR count). The molecule has 0 unspecified atom stereocenters. The second-order valence-corrected chi connectivity index (χ2v) is 9.01. The Morgan fingerprint density at radius 2 is 1.39 bits per heavy atom. The number of carbonyl (C=O) groups is 1. The molecular formula is C29H31N3O6. The number of nitrogens with zero attached hydrogens (tertiary/aromatic N) is 3. The van der Waals surface area contributed by atoms with Gasteiger partial charge in [0, 0.05) is 11.8 Å². The molecule has 9 nitrogen and oxygen atoms in total. The molecule has 0 aliphatic carbocycles. The molecule has 1 saturated heterocycles. The van der Waals surface area contributed by atoms with Gasteiger partial charge in [0.05, 0.1) is 33.0 Å². The minimum atomic E-state index is -1.27. The highest BCUT2D eigenvalue weighted by atomic mass is 16.8. The summed E-state index contributed by atoms with van der Waals surface area (Å²) in [7, 11) is 0. The Morgan fingerprint density at radius 3 is 1.92 bits per heavy atom. The Kier molecular flexibility index (Phi) is 9.86. The maximum Gasteiger partial charge on any atom is 0.305 e. The molecule has 198 valence electrons. The molecule has 0 saturated carbocycles. The van der Waals surface area contributed by atoms with Crippen LogP contribution in [0.3, 0.4) is 0 Å². The molecule has 9 heteroatoms. The summed E-state index contributed by atoms with van der Waals surface area (Å²) in [6, 6.07) is 29.0. The fraction of sp³-hybridized carbons (Fsp3) is 0.345. The summed E-state index contributed by atoms with van der Waals surface area (Å²) in [6.45, 7) is 1.99. The van der Waals surface area contributed by atoms with E-state index in [-0.39, 0.29) is 26.4 Å². The zero-order chi connectivity index (χ0) is 26.6. The van der Waals surface area contributed by atoms with E-state index in [1.165, 1.54) is 6.92 Å². The van der Waals surface area contributed by atoms with Crippen LogP contribution in [0.15, 0.2) is 96.1 Å². The topological polar surface area (TPSA) is 112 Å². The Labute approximate surface area is 221 Å². The zero-order valence-electron chi connectivity index (χ0n) is 21.2. The maximum atomic E-state index is 12.0. The van der Waals surface area contributed by atoms with Crippen LogP contribution in [0, 0.1) is 0 Å². The van der Waals surface area contributed by atoms with E-state index in [4.69, 9.17) is 23.7 Å². The van der Waals surface area contributed by atoms with E-state index in [1.807, 2.05) is 91.0 Å². The number of carbonyl (C=O) groups excluding carboxylic acids is 1. The van der Waals surface area contributed by atoms with Gasteiger partial charge in [0.15, 0.2) is 0 Å². The molecular weight excluding hydrogens is 486 g/mol. The van der Waals surface area contributed by atoms with Crippen LogP contribution < -0.4 is 0 Å². The molecule has 0 amide bonds. The molecule has 1 heterocycles. The van der Waals surface area contributed by atoms with Gasteiger partial charge in [-0.1, -0.05) is 96.1 Å². The molecule has 0 bridgehead atoms. The van der Waals surface area contributed by atoms with Gasteiger partial charge in [0.2, 0.25) is 6.29 Å². The van der Waals surface area contributed by atoms with Crippen molar-refractivity contribution in [2.45, 2.75) is 50.8 Å². The summed E-state index contributed by atoms with van der Waals surface area (Å²) in [6.07, 6.45) is -2.68. The van der Waals surface area contributed by atoms with Gasteiger partial charge in [-0.05, 0) is 22.2 Å². The van der Waals surface area contributed by atoms with Crippen molar-refractivity contribution in [1.82, 2.24) is 0 Å². The first kappa shape index (κ1) is 27.3. The minimum absolute atomic E-state index is 0.0172. The van der Waals surface area contributed by atoms with Crippen LogP contribution in [0.1, 0.15) is 23.6 Å². The Hall–Kier alpha value is -3.72. The monoisotopic (exact) mass is 517 g/mol. The summed E-state index contributed by atoms with van der Waals surface area (Å²) < 4.78 is 30.6. The van der Waals surface area contributed by atoms with Crippen LogP contribution >= 0.6 is 0 Å². The summed E-state index contributed by atoms with van der Waals surface area (Å²) in [5.74, 6) is -0.532. The number of benzene rings is 3. The van der Waals surface area contributed by atoms with Gasteiger partial charge in [0.1, 0.15) is 17.8 Å². The lowest BCUT2D eigenvalue weighted by Crippen LogP contribution is -2.51. The van der Waals surface area contributed by atoms with Gasteiger partial charge in [-0.3, -0.25) is 4.79 Å². The SMILES string of the molecule is CC(=O)O[C@@H]1O[C@](CN=[N+]=[N-])(COCc2ccccc2)[C@@H](OCc2ccccc2)[C@H]1OCc1ccccc1. The average molecular weight is 518 g/mol. The summed E-state index contributed by atoms with van der Waals surface area (Å²) in [5.41, 5.74) is 10.7. The average Bonchev–Trinajstić information content (AvgIpc) is 3.22. The van der Waals surface area contributed by atoms with E-state index in [1.54, 1.807) is 0 Å². The predicted octanol–water partition coefficient (Wildman–Crippen LogP) is 5.34. The molecule has 3 aromatic rings. The Bertz CT molecular complexity index is 1190. The lowest BCUT2D eigenvalue weighted by molar-refractivity contribution is -0.210. The van der Waals surface area contributed by atoms with Crippen molar-refractivity contribution in [3.05, 3.63) is 118 Å². The highest BCUT2D eigenvalue weighted by Crippen LogP contribution is 2.38. The lowest BCUT2D eigenvalue weighted by atomic mass is 9.95. The number of esters is 1. The first-order valence-electron chi connectivity index (χ1n) is 12.4. The van der Waals surface area contributed by atoms with Gasteiger partial charge in [-0.25, -0.2) is 0 Å². The second-order valence-electron chi connectivity index (χ2n) is 9.01. The van der Waals surface area contributed by atoms with Gasteiger partial charge in [0.25, 0.3) is 0 Å². The van der Waals surface area contributed by atoms with E-state index in [2.05, 4.69) is 10.0 Å². The third-order valence-corrected chi connectivity index (χ3v) is 6.14. The highest BCUT2D eigenvalue weighted by Gasteiger charge is 2.58. The smallest absolute Gasteiger partial charge is 0.305 e. The molecule has 38 heavy (non-hydrogen) atoms. The molecule has 1 aliphatic heterocycles. The zero-order valence-corrected chi connectivity index (χ0v) is 21.2. The van der Waals surface area contributed by atoms with Crippen LogP contribution in [0.2, 0.25) is 0 Å². The number of rotatable bonds is 13.